The molecule has 0 spiro atoms. The summed E-state index contributed by atoms with van der Waals surface area (Å²) in [4.78, 5) is 12.7. The van der Waals surface area contributed by atoms with Crippen LogP contribution in [0.25, 0.3) is 5.69 Å². The number of hydrogen-bond acceptors (Lipinski definition) is 5. The Balaban J connectivity index is 1.78. The lowest BCUT2D eigenvalue weighted by Crippen LogP contribution is -2.11. The van der Waals surface area contributed by atoms with E-state index in [9.17, 15) is 4.79 Å². The van der Waals surface area contributed by atoms with E-state index in [0.29, 0.717) is 11.7 Å². The van der Waals surface area contributed by atoms with E-state index in [2.05, 4.69) is 10.2 Å². The predicted molar refractivity (Wildman–Crippen MR) is 86.3 cm³/mol. The van der Waals surface area contributed by atoms with Gasteiger partial charge in [-0.25, -0.2) is 4.79 Å². The van der Waals surface area contributed by atoms with Gasteiger partial charge in [0.15, 0.2) is 0 Å². The Kier molecular flexibility index (Phi) is 4.50. The van der Waals surface area contributed by atoms with Crippen molar-refractivity contribution >= 4 is 5.97 Å². The number of methoxy groups -OCH3 is 1. The van der Waals surface area contributed by atoms with E-state index in [0.717, 1.165) is 16.9 Å². The van der Waals surface area contributed by atoms with Gasteiger partial charge in [-0.15, -0.1) is 0 Å². The van der Waals surface area contributed by atoms with E-state index in [4.69, 9.17) is 14.6 Å². The van der Waals surface area contributed by atoms with Crippen LogP contribution in [0.4, 0.5) is 0 Å². The first-order valence-corrected chi connectivity index (χ1v) is 7.69. The summed E-state index contributed by atoms with van der Waals surface area (Å²) in [6.45, 7) is 1.80. The van der Waals surface area contributed by atoms with Crippen LogP contribution >= 0.6 is 0 Å². The van der Waals surface area contributed by atoms with Crippen LogP contribution < -0.4 is 4.74 Å². The summed E-state index contributed by atoms with van der Waals surface area (Å²) in [7, 11) is 1.40. The number of rotatable bonds is 7. The number of carboxylic acids is 1. The highest BCUT2D eigenvalue weighted by Crippen LogP contribution is 2.38. The third-order valence-electron chi connectivity index (χ3n) is 3.83. The summed E-state index contributed by atoms with van der Waals surface area (Å²) >= 11 is 0. The Bertz CT molecular complexity index is 778. The monoisotopic (exact) mass is 329 g/mol. The maximum atomic E-state index is 11.1. The van der Waals surface area contributed by atoms with E-state index < -0.39 is 5.97 Å². The van der Waals surface area contributed by atoms with Crippen molar-refractivity contribution in [1.29, 1.82) is 0 Å². The van der Waals surface area contributed by atoms with Crippen molar-refractivity contribution in [2.45, 2.75) is 25.7 Å². The average Bonchev–Trinajstić information content (AvgIpc) is 3.30. The summed E-state index contributed by atoms with van der Waals surface area (Å²) < 4.78 is 10.4. The molecule has 0 atom stereocenters. The lowest BCUT2D eigenvalue weighted by molar-refractivity contribution is -0.133. The van der Waals surface area contributed by atoms with Crippen LogP contribution in [0.2, 0.25) is 0 Å². The Morgan fingerprint density at radius 1 is 1.46 bits per heavy atom. The summed E-state index contributed by atoms with van der Waals surface area (Å²) in [5.41, 5.74) is 2.72. The molecule has 1 aliphatic carbocycles. The van der Waals surface area contributed by atoms with Gasteiger partial charge >= 0.3 is 5.97 Å². The first kappa shape index (κ1) is 16.0. The van der Waals surface area contributed by atoms with Crippen molar-refractivity contribution in [2.75, 3.05) is 13.7 Å². The minimum atomic E-state index is -1.08. The van der Waals surface area contributed by atoms with Crippen LogP contribution in [0.3, 0.4) is 0 Å². The van der Waals surface area contributed by atoms with Gasteiger partial charge in [-0.05, 0) is 31.4 Å². The Morgan fingerprint density at radius 3 is 2.92 bits per heavy atom. The summed E-state index contributed by atoms with van der Waals surface area (Å²) in [5.74, 6) is 0.0479. The molecule has 0 radical (unpaired) electrons. The summed E-state index contributed by atoms with van der Waals surface area (Å²) in [5, 5.41) is 17.9. The molecule has 1 aromatic heterocycles. The van der Waals surface area contributed by atoms with Crippen LogP contribution in [0.5, 0.6) is 5.75 Å². The fraction of sp³-hybridized carbons (Fsp3) is 0.353. The first-order valence-electron chi connectivity index (χ1n) is 7.69. The molecule has 1 N–H and O–H groups in total. The van der Waals surface area contributed by atoms with Gasteiger partial charge in [-0.1, -0.05) is 6.07 Å². The highest BCUT2D eigenvalue weighted by atomic mass is 16.5. The molecule has 0 bridgehead atoms. The van der Waals surface area contributed by atoms with Gasteiger partial charge in [0, 0.05) is 12.0 Å². The van der Waals surface area contributed by atoms with Crippen LogP contribution in [0.15, 0.2) is 36.2 Å². The molecule has 1 aliphatic rings. The normalized spacial score (nSPS) is 14.5. The SMILES string of the molecule is CO/C=C(/COc1cc(-n2ncc(C3CC3)n2)ccc1C)C(=O)O. The van der Waals surface area contributed by atoms with E-state index >= 15 is 0 Å². The second-order valence-electron chi connectivity index (χ2n) is 5.76. The topological polar surface area (TPSA) is 86.5 Å². The highest BCUT2D eigenvalue weighted by molar-refractivity contribution is 5.86. The molecule has 2 aromatic rings. The lowest BCUT2D eigenvalue weighted by atomic mass is 10.2. The minimum absolute atomic E-state index is 0.0375. The van der Waals surface area contributed by atoms with Gasteiger partial charge in [0.2, 0.25) is 0 Å². The molecule has 24 heavy (non-hydrogen) atoms. The molecular weight excluding hydrogens is 310 g/mol. The zero-order chi connectivity index (χ0) is 17.1. The van der Waals surface area contributed by atoms with Crippen LogP contribution in [0.1, 0.15) is 30.0 Å². The number of hydrogen-bond donors (Lipinski definition) is 1. The maximum absolute atomic E-state index is 11.1. The molecule has 1 fully saturated rings. The summed E-state index contributed by atoms with van der Waals surface area (Å²) in [6, 6.07) is 5.60. The fourth-order valence-electron chi connectivity index (χ4n) is 2.28. The Hall–Kier alpha value is -2.83. The van der Waals surface area contributed by atoms with E-state index in [1.165, 1.54) is 26.2 Å². The largest absolute Gasteiger partial charge is 0.504 e. The van der Waals surface area contributed by atoms with Crippen molar-refractivity contribution < 1.29 is 19.4 Å². The molecule has 0 unspecified atom stereocenters. The zero-order valence-electron chi connectivity index (χ0n) is 13.6. The average molecular weight is 329 g/mol. The second-order valence-corrected chi connectivity index (χ2v) is 5.76. The minimum Gasteiger partial charge on any atom is -0.504 e. The number of carboxylic acid groups (broad SMARTS) is 1. The number of nitrogens with zero attached hydrogens (tertiary/aromatic N) is 3. The molecule has 1 heterocycles. The predicted octanol–water partition coefficient (Wildman–Crippen LogP) is 2.45. The molecular formula is C17H19N3O4. The van der Waals surface area contributed by atoms with Gasteiger partial charge in [0.25, 0.3) is 0 Å². The molecule has 7 nitrogen and oxygen atoms in total. The Labute approximate surface area is 139 Å². The molecule has 7 heteroatoms. The molecule has 1 aromatic carbocycles. The highest BCUT2D eigenvalue weighted by Gasteiger charge is 2.26. The molecule has 3 rings (SSSR count). The van der Waals surface area contributed by atoms with Crippen molar-refractivity contribution in [2.24, 2.45) is 0 Å². The lowest BCUT2D eigenvalue weighted by Gasteiger charge is -2.11. The number of carbonyl (C=O) groups is 1. The molecule has 1 saturated carbocycles. The fourth-order valence-corrected chi connectivity index (χ4v) is 2.28. The number of aliphatic carboxylic acids is 1. The van der Waals surface area contributed by atoms with Crippen molar-refractivity contribution in [1.82, 2.24) is 15.0 Å². The molecule has 0 amide bonds. The third kappa shape index (κ3) is 3.56. The van der Waals surface area contributed by atoms with E-state index in [1.54, 1.807) is 17.1 Å². The molecule has 126 valence electrons. The molecule has 0 aliphatic heterocycles. The van der Waals surface area contributed by atoms with Crippen molar-refractivity contribution in [3.05, 3.63) is 47.5 Å². The number of aryl methyl sites for hydroxylation is 1. The summed E-state index contributed by atoms with van der Waals surface area (Å²) in [6.07, 6.45) is 5.30. The van der Waals surface area contributed by atoms with E-state index in [-0.39, 0.29) is 12.2 Å². The van der Waals surface area contributed by atoms with Crippen LogP contribution in [0, 0.1) is 6.92 Å². The van der Waals surface area contributed by atoms with Gasteiger partial charge in [0.1, 0.15) is 17.9 Å². The number of ether oxygens (including phenoxy) is 2. The quantitative estimate of drug-likeness (QED) is 0.620. The van der Waals surface area contributed by atoms with Crippen LogP contribution in [-0.2, 0) is 9.53 Å². The molecule has 0 saturated heterocycles. The van der Waals surface area contributed by atoms with Gasteiger partial charge < -0.3 is 14.6 Å². The van der Waals surface area contributed by atoms with Crippen LogP contribution in [-0.4, -0.2) is 39.8 Å². The zero-order valence-corrected chi connectivity index (χ0v) is 13.6. The van der Waals surface area contributed by atoms with Gasteiger partial charge in [0.05, 0.1) is 31.0 Å². The second kappa shape index (κ2) is 6.74. The first-order chi connectivity index (χ1) is 11.6. The Morgan fingerprint density at radius 2 is 2.25 bits per heavy atom. The maximum Gasteiger partial charge on any atom is 0.338 e. The number of aromatic nitrogens is 3. The number of benzene rings is 1. The van der Waals surface area contributed by atoms with Gasteiger partial charge in [-0.3, -0.25) is 0 Å². The third-order valence-corrected chi connectivity index (χ3v) is 3.83. The van der Waals surface area contributed by atoms with Crippen molar-refractivity contribution in [3.8, 4) is 11.4 Å². The smallest absolute Gasteiger partial charge is 0.338 e. The standard InChI is InChI=1S/C17H19N3O4/c1-11-3-6-14(20-18-8-15(19-20)12-4-5-12)7-16(11)24-10-13(9-23-2)17(21)22/h3,6-9,12H,4-5,10H2,1-2H3,(H,21,22)/b13-9-. The van der Waals surface area contributed by atoms with E-state index in [1.807, 2.05) is 19.1 Å². The van der Waals surface area contributed by atoms with Crippen molar-refractivity contribution in [3.63, 3.8) is 0 Å². The van der Waals surface area contributed by atoms with Gasteiger partial charge in [-0.2, -0.15) is 15.0 Å².